The highest BCUT2D eigenvalue weighted by Gasteiger charge is 2.65. The second-order valence-corrected chi connectivity index (χ2v) is 8.30. The summed E-state index contributed by atoms with van der Waals surface area (Å²) >= 11 is 0. The lowest BCUT2D eigenvalue weighted by Crippen LogP contribution is -2.42. The summed E-state index contributed by atoms with van der Waals surface area (Å²) in [5.41, 5.74) is -1.12. The zero-order valence-corrected chi connectivity index (χ0v) is 14.2. The molecule has 0 amide bonds. The molecule has 2 saturated carbocycles. The van der Waals surface area contributed by atoms with E-state index < -0.39 is 45.7 Å². The Labute approximate surface area is 139 Å². The molecule has 4 N–H and O–H groups in total. The largest absolute Gasteiger partial charge is 0.481 e. The molecule has 0 heterocycles. The Kier molecular flexibility index (Phi) is 5.79. The van der Waals surface area contributed by atoms with Crippen molar-refractivity contribution in [3.63, 3.8) is 0 Å². The van der Waals surface area contributed by atoms with Crippen LogP contribution in [0.3, 0.4) is 0 Å². The van der Waals surface area contributed by atoms with Gasteiger partial charge in [0.25, 0.3) is 10.1 Å². The van der Waals surface area contributed by atoms with Gasteiger partial charge in [0.05, 0.1) is 17.6 Å². The summed E-state index contributed by atoms with van der Waals surface area (Å²) in [7, 11) is -4.08. The molecule has 2 aliphatic rings. The van der Waals surface area contributed by atoms with E-state index in [1.54, 1.807) is 0 Å². The number of Topliss-reactive ketones (excluding diaryl/α,β-unsaturated/α-hetero) is 1. The molecule has 0 radical (unpaired) electrons. The zero-order valence-electron chi connectivity index (χ0n) is 13.4. The quantitative estimate of drug-likeness (QED) is 0.496. The van der Waals surface area contributed by atoms with Gasteiger partial charge in [-0.25, -0.2) is 4.79 Å². The molecular formula is C14H22O9S. The monoisotopic (exact) mass is 366 g/mol. The van der Waals surface area contributed by atoms with Crippen molar-refractivity contribution in [2.75, 3.05) is 5.75 Å². The molecule has 9 nitrogen and oxygen atoms in total. The third-order valence-corrected chi connectivity index (χ3v) is 6.08. The Bertz CT molecular complexity index is 637. The van der Waals surface area contributed by atoms with Crippen LogP contribution < -0.4 is 0 Å². The first kappa shape index (κ1) is 20.5. The van der Waals surface area contributed by atoms with E-state index in [0.29, 0.717) is 12.8 Å². The first-order valence-corrected chi connectivity index (χ1v) is 8.95. The third kappa shape index (κ3) is 4.11. The summed E-state index contributed by atoms with van der Waals surface area (Å²) in [5.74, 6) is -2.95. The minimum Gasteiger partial charge on any atom is -0.481 e. The second kappa shape index (κ2) is 6.77. The lowest BCUT2D eigenvalue weighted by molar-refractivity contribution is -0.152. The molecule has 2 fully saturated rings. The number of aliphatic hydroxyl groups is 1. The first-order chi connectivity index (χ1) is 10.7. The van der Waals surface area contributed by atoms with Crippen LogP contribution in [0.15, 0.2) is 0 Å². The molecule has 2 rings (SSSR count). The predicted octanol–water partition coefficient (Wildman–Crippen LogP) is 0.176. The van der Waals surface area contributed by atoms with E-state index in [4.69, 9.17) is 19.9 Å². The minimum atomic E-state index is -4.08. The van der Waals surface area contributed by atoms with Gasteiger partial charge in [-0.2, -0.15) is 8.42 Å². The lowest BCUT2D eigenvalue weighted by Gasteiger charge is -2.35. The van der Waals surface area contributed by atoms with Crippen molar-refractivity contribution >= 4 is 27.8 Å². The van der Waals surface area contributed by atoms with Gasteiger partial charge in [-0.15, -0.1) is 0 Å². The predicted molar refractivity (Wildman–Crippen MR) is 80.9 cm³/mol. The molecule has 10 heteroatoms. The highest BCUT2D eigenvalue weighted by atomic mass is 32.2. The minimum absolute atomic E-state index is 0.0152. The van der Waals surface area contributed by atoms with Crippen molar-refractivity contribution in [2.24, 2.45) is 16.7 Å². The molecule has 0 spiro atoms. The number of hydrogen-bond donors (Lipinski definition) is 4. The third-order valence-electron chi connectivity index (χ3n) is 5.22. The van der Waals surface area contributed by atoms with Crippen LogP contribution in [0.4, 0.5) is 0 Å². The maximum Gasteiger partial charge on any atom is 0.333 e. The van der Waals surface area contributed by atoms with Crippen molar-refractivity contribution < 1.29 is 42.7 Å². The number of ketones is 1. The average Bonchev–Trinajstić information content (AvgIpc) is 2.70. The molecule has 24 heavy (non-hydrogen) atoms. The zero-order chi connectivity index (χ0) is 18.9. The summed E-state index contributed by atoms with van der Waals surface area (Å²) in [4.78, 5) is 31.3. The number of carbonyl (C=O) groups is 3. The van der Waals surface area contributed by atoms with Crippen LogP contribution in [0.2, 0.25) is 0 Å². The van der Waals surface area contributed by atoms with Crippen LogP contribution in [0.25, 0.3) is 0 Å². The van der Waals surface area contributed by atoms with E-state index in [0.717, 1.165) is 6.42 Å². The molecule has 3 atom stereocenters. The molecule has 2 bridgehead atoms. The van der Waals surface area contributed by atoms with E-state index in [-0.39, 0.29) is 17.1 Å². The summed E-state index contributed by atoms with van der Waals surface area (Å²) in [5, 5.41) is 24.1. The van der Waals surface area contributed by atoms with E-state index in [2.05, 4.69) is 0 Å². The normalized spacial score (nSPS) is 28.8. The molecule has 138 valence electrons. The summed E-state index contributed by atoms with van der Waals surface area (Å²) in [6, 6.07) is 0. The SMILES string of the molecule is CC1(C)C2CCC1(CS(=O)(=O)O)C(=O)C2.O=C(O)CC(O)C(=O)O. The topological polar surface area (TPSA) is 166 Å². The summed E-state index contributed by atoms with van der Waals surface area (Å²) in [6.45, 7) is 3.89. The van der Waals surface area contributed by atoms with E-state index >= 15 is 0 Å². The summed E-state index contributed by atoms with van der Waals surface area (Å²) < 4.78 is 31.0. The number of fused-ring (bicyclic) bond motifs is 2. The number of rotatable bonds is 5. The Morgan fingerprint density at radius 1 is 1.29 bits per heavy atom. The second-order valence-electron chi connectivity index (χ2n) is 6.84. The number of carboxylic acid groups (broad SMARTS) is 2. The van der Waals surface area contributed by atoms with Gasteiger partial charge >= 0.3 is 11.9 Å². The van der Waals surface area contributed by atoms with Crippen molar-refractivity contribution in [1.82, 2.24) is 0 Å². The van der Waals surface area contributed by atoms with Crippen LogP contribution in [0.1, 0.15) is 39.5 Å². The number of hydrogen-bond acceptors (Lipinski definition) is 6. The standard InChI is InChI=1S/C10H16O4S.C4H6O5/c1-9(2)7-3-4-10(9,8(11)5-7)6-15(12,13)14;5-2(4(8)9)1-3(6)7/h7H,3-6H2,1-2H3,(H,12,13,14);2,5H,1H2,(H,6,7)(H,8,9). The maximum absolute atomic E-state index is 11.9. The van der Waals surface area contributed by atoms with Crippen molar-refractivity contribution in [3.8, 4) is 0 Å². The van der Waals surface area contributed by atoms with E-state index in [9.17, 15) is 22.8 Å². The van der Waals surface area contributed by atoms with Crippen LogP contribution in [0, 0.1) is 16.7 Å². The molecular weight excluding hydrogens is 344 g/mol. The van der Waals surface area contributed by atoms with Gasteiger partial charge in [0, 0.05) is 6.42 Å². The fourth-order valence-electron chi connectivity index (χ4n) is 3.67. The molecule has 0 aromatic rings. The van der Waals surface area contributed by atoms with Crippen LogP contribution in [-0.2, 0) is 24.5 Å². The molecule has 0 aliphatic heterocycles. The Morgan fingerprint density at radius 2 is 1.83 bits per heavy atom. The molecule has 0 saturated heterocycles. The maximum atomic E-state index is 11.9. The number of aliphatic hydroxyl groups excluding tert-OH is 1. The average molecular weight is 366 g/mol. The number of aliphatic carboxylic acids is 2. The molecule has 2 aliphatic carbocycles. The van der Waals surface area contributed by atoms with Gasteiger partial charge in [0.1, 0.15) is 5.78 Å². The van der Waals surface area contributed by atoms with Crippen LogP contribution in [0.5, 0.6) is 0 Å². The highest BCUT2D eigenvalue weighted by molar-refractivity contribution is 7.85. The lowest BCUT2D eigenvalue weighted by atomic mass is 9.70. The Hall–Kier alpha value is -1.52. The molecule has 0 aromatic carbocycles. The van der Waals surface area contributed by atoms with E-state index in [1.807, 2.05) is 13.8 Å². The first-order valence-electron chi connectivity index (χ1n) is 7.34. The fourth-order valence-corrected chi connectivity index (χ4v) is 4.97. The molecule has 0 aromatic heterocycles. The smallest absolute Gasteiger partial charge is 0.333 e. The van der Waals surface area contributed by atoms with Gasteiger partial charge in [-0.1, -0.05) is 13.8 Å². The van der Waals surface area contributed by atoms with E-state index in [1.165, 1.54) is 0 Å². The Morgan fingerprint density at radius 3 is 2.08 bits per heavy atom. The van der Waals surface area contributed by atoms with Crippen molar-refractivity contribution in [3.05, 3.63) is 0 Å². The van der Waals surface area contributed by atoms with Crippen LogP contribution in [-0.4, -0.2) is 57.9 Å². The van der Waals surface area contributed by atoms with Gasteiger partial charge in [-0.3, -0.25) is 14.1 Å². The van der Waals surface area contributed by atoms with Gasteiger partial charge in [-0.05, 0) is 24.2 Å². The number of carboxylic acids is 2. The van der Waals surface area contributed by atoms with Gasteiger partial charge in [0.15, 0.2) is 6.10 Å². The summed E-state index contributed by atoms with van der Waals surface area (Å²) in [6.07, 6.45) is -0.572. The van der Waals surface area contributed by atoms with Crippen molar-refractivity contribution in [2.45, 2.75) is 45.6 Å². The highest BCUT2D eigenvalue weighted by Crippen LogP contribution is 2.64. The molecule has 3 unspecified atom stereocenters. The fraction of sp³-hybridized carbons (Fsp3) is 0.786. The Balaban J connectivity index is 0.000000277. The number of carbonyl (C=O) groups excluding carboxylic acids is 1. The van der Waals surface area contributed by atoms with Crippen LogP contribution >= 0.6 is 0 Å². The van der Waals surface area contributed by atoms with Gasteiger partial charge < -0.3 is 15.3 Å². The van der Waals surface area contributed by atoms with Gasteiger partial charge in [0.2, 0.25) is 0 Å². The van der Waals surface area contributed by atoms with Crippen molar-refractivity contribution in [1.29, 1.82) is 0 Å².